The lowest BCUT2D eigenvalue weighted by atomic mass is 10.1. The van der Waals surface area contributed by atoms with Gasteiger partial charge in [0.25, 0.3) is 5.91 Å². The lowest BCUT2D eigenvalue weighted by molar-refractivity contribution is 0.102. The minimum absolute atomic E-state index is 0.0721. The van der Waals surface area contributed by atoms with E-state index in [1.165, 1.54) is 5.56 Å². The van der Waals surface area contributed by atoms with Crippen LogP contribution in [0, 0.1) is 6.92 Å². The standard InChI is InChI=1S/C18H23N3O3S/c1-3-4-14-5-7-15(8-6-14)18(22)19-17-11-13(2)20-21(17)16-9-10-25(23,24)12-16/h5-8,11,16H,3-4,9-10,12H2,1-2H3,(H,19,22). The summed E-state index contributed by atoms with van der Waals surface area (Å²) < 4.78 is 25.1. The summed E-state index contributed by atoms with van der Waals surface area (Å²) in [5.41, 5.74) is 2.53. The molecule has 1 unspecified atom stereocenters. The van der Waals surface area contributed by atoms with Crippen molar-refractivity contribution >= 4 is 21.6 Å². The maximum atomic E-state index is 12.5. The molecule has 0 aliphatic carbocycles. The Kier molecular flexibility index (Phi) is 4.94. The molecular weight excluding hydrogens is 338 g/mol. The fraction of sp³-hybridized carbons (Fsp3) is 0.444. The van der Waals surface area contributed by atoms with E-state index in [2.05, 4.69) is 17.3 Å². The highest BCUT2D eigenvalue weighted by Gasteiger charge is 2.31. The van der Waals surface area contributed by atoms with Gasteiger partial charge < -0.3 is 5.32 Å². The maximum Gasteiger partial charge on any atom is 0.256 e. The molecule has 25 heavy (non-hydrogen) atoms. The van der Waals surface area contributed by atoms with Gasteiger partial charge in [-0.05, 0) is 37.5 Å². The van der Waals surface area contributed by atoms with Crippen LogP contribution in [-0.2, 0) is 16.3 Å². The molecular formula is C18H23N3O3S. The second-order valence-corrected chi connectivity index (χ2v) is 8.80. The van der Waals surface area contributed by atoms with Crippen LogP contribution in [0.4, 0.5) is 5.82 Å². The largest absolute Gasteiger partial charge is 0.307 e. The quantitative estimate of drug-likeness (QED) is 0.888. The number of hydrogen-bond acceptors (Lipinski definition) is 4. The van der Waals surface area contributed by atoms with Crippen LogP contribution in [0.3, 0.4) is 0 Å². The minimum Gasteiger partial charge on any atom is -0.307 e. The van der Waals surface area contributed by atoms with Crippen molar-refractivity contribution in [3.8, 4) is 0 Å². The fourth-order valence-electron chi connectivity index (χ4n) is 3.16. The Morgan fingerprint density at radius 1 is 1.32 bits per heavy atom. The van der Waals surface area contributed by atoms with Crippen molar-refractivity contribution < 1.29 is 13.2 Å². The van der Waals surface area contributed by atoms with E-state index in [1.54, 1.807) is 10.7 Å². The second-order valence-electron chi connectivity index (χ2n) is 6.57. The number of aryl methyl sites for hydroxylation is 2. The molecule has 134 valence electrons. The molecule has 1 amide bonds. The summed E-state index contributed by atoms with van der Waals surface area (Å²) in [6.45, 7) is 3.95. The SMILES string of the molecule is CCCc1ccc(C(=O)Nc2cc(C)nn2C2CCS(=O)(=O)C2)cc1. The molecule has 0 saturated carbocycles. The third-order valence-electron chi connectivity index (χ3n) is 4.41. The number of carbonyl (C=O) groups excluding carboxylic acids is 1. The van der Waals surface area contributed by atoms with Gasteiger partial charge in [0, 0.05) is 11.6 Å². The van der Waals surface area contributed by atoms with Crippen LogP contribution in [0.1, 0.15) is 47.4 Å². The number of rotatable bonds is 5. The van der Waals surface area contributed by atoms with E-state index in [9.17, 15) is 13.2 Å². The fourth-order valence-corrected chi connectivity index (χ4v) is 4.85. The Bertz CT molecular complexity index is 869. The van der Waals surface area contributed by atoms with Crippen molar-refractivity contribution in [1.29, 1.82) is 0 Å². The molecule has 1 aromatic carbocycles. The van der Waals surface area contributed by atoms with Crippen molar-refractivity contribution in [2.45, 2.75) is 39.2 Å². The zero-order valence-corrected chi connectivity index (χ0v) is 15.3. The molecule has 1 atom stereocenters. The van der Waals surface area contributed by atoms with Crippen LogP contribution in [0.5, 0.6) is 0 Å². The number of aromatic nitrogens is 2. The van der Waals surface area contributed by atoms with Crippen LogP contribution in [0.2, 0.25) is 0 Å². The zero-order chi connectivity index (χ0) is 18.0. The summed E-state index contributed by atoms with van der Waals surface area (Å²) in [6, 6.07) is 9.10. The van der Waals surface area contributed by atoms with Crippen molar-refractivity contribution in [1.82, 2.24) is 9.78 Å². The number of benzene rings is 1. The van der Waals surface area contributed by atoms with Crippen LogP contribution in [0.15, 0.2) is 30.3 Å². The number of amides is 1. The lowest BCUT2D eigenvalue weighted by Gasteiger charge is -2.14. The van der Waals surface area contributed by atoms with Gasteiger partial charge in [-0.2, -0.15) is 5.10 Å². The molecule has 0 radical (unpaired) electrons. The Morgan fingerprint density at radius 2 is 2.04 bits per heavy atom. The Labute approximate surface area is 148 Å². The predicted octanol–water partition coefficient (Wildman–Crippen LogP) is 2.76. The first-order chi connectivity index (χ1) is 11.9. The van der Waals surface area contributed by atoms with Crippen LogP contribution >= 0.6 is 0 Å². The molecule has 1 saturated heterocycles. The summed E-state index contributed by atoms with van der Waals surface area (Å²) in [6.07, 6.45) is 2.58. The molecule has 2 aromatic rings. The van der Waals surface area contributed by atoms with E-state index in [-0.39, 0.29) is 23.5 Å². The second kappa shape index (κ2) is 7.00. The average molecular weight is 361 g/mol. The third kappa shape index (κ3) is 4.10. The zero-order valence-electron chi connectivity index (χ0n) is 14.5. The topological polar surface area (TPSA) is 81.1 Å². The van der Waals surface area contributed by atoms with Crippen LogP contribution in [-0.4, -0.2) is 35.6 Å². The van der Waals surface area contributed by atoms with E-state index in [1.807, 2.05) is 31.2 Å². The van der Waals surface area contributed by atoms with Gasteiger partial charge in [0.05, 0.1) is 23.2 Å². The highest BCUT2D eigenvalue weighted by atomic mass is 32.2. The summed E-state index contributed by atoms with van der Waals surface area (Å²) in [5.74, 6) is 0.568. The number of carbonyl (C=O) groups is 1. The van der Waals surface area contributed by atoms with Gasteiger partial charge in [-0.3, -0.25) is 4.79 Å². The van der Waals surface area contributed by atoms with E-state index in [4.69, 9.17) is 0 Å². The van der Waals surface area contributed by atoms with Crippen molar-refractivity contribution in [3.05, 3.63) is 47.2 Å². The molecule has 3 rings (SSSR count). The number of nitrogens with zero attached hydrogens (tertiary/aromatic N) is 2. The Balaban J connectivity index is 1.77. The van der Waals surface area contributed by atoms with E-state index in [0.717, 1.165) is 18.5 Å². The molecule has 1 aliphatic heterocycles. The number of anilines is 1. The average Bonchev–Trinajstić information content (AvgIpc) is 3.10. The molecule has 7 heteroatoms. The first kappa shape index (κ1) is 17.7. The molecule has 1 aromatic heterocycles. The lowest BCUT2D eigenvalue weighted by Crippen LogP contribution is -2.19. The summed E-state index contributed by atoms with van der Waals surface area (Å²) in [4.78, 5) is 12.5. The monoisotopic (exact) mass is 361 g/mol. The normalized spacial score (nSPS) is 19.0. The predicted molar refractivity (Wildman–Crippen MR) is 97.7 cm³/mol. The first-order valence-corrected chi connectivity index (χ1v) is 10.4. The van der Waals surface area contributed by atoms with Gasteiger partial charge in [-0.15, -0.1) is 0 Å². The van der Waals surface area contributed by atoms with Crippen molar-refractivity contribution in [2.75, 3.05) is 16.8 Å². The van der Waals surface area contributed by atoms with Gasteiger partial charge in [0.1, 0.15) is 5.82 Å². The maximum absolute atomic E-state index is 12.5. The highest BCUT2D eigenvalue weighted by molar-refractivity contribution is 7.91. The third-order valence-corrected chi connectivity index (χ3v) is 6.16. The summed E-state index contributed by atoms with van der Waals surface area (Å²) >= 11 is 0. The van der Waals surface area contributed by atoms with E-state index < -0.39 is 9.84 Å². The van der Waals surface area contributed by atoms with Gasteiger partial charge in [0.15, 0.2) is 9.84 Å². The molecule has 0 bridgehead atoms. The molecule has 0 spiro atoms. The van der Waals surface area contributed by atoms with Gasteiger partial charge in [0.2, 0.25) is 0 Å². The Morgan fingerprint density at radius 3 is 2.64 bits per heavy atom. The smallest absolute Gasteiger partial charge is 0.256 e. The molecule has 1 N–H and O–H groups in total. The Hall–Kier alpha value is -2.15. The van der Waals surface area contributed by atoms with Gasteiger partial charge in [-0.1, -0.05) is 25.5 Å². The summed E-state index contributed by atoms with van der Waals surface area (Å²) in [5, 5.41) is 7.25. The van der Waals surface area contributed by atoms with Gasteiger partial charge in [-0.25, -0.2) is 13.1 Å². The van der Waals surface area contributed by atoms with E-state index >= 15 is 0 Å². The van der Waals surface area contributed by atoms with Crippen molar-refractivity contribution in [2.24, 2.45) is 0 Å². The highest BCUT2D eigenvalue weighted by Crippen LogP contribution is 2.27. The first-order valence-electron chi connectivity index (χ1n) is 8.55. The number of hydrogen-bond donors (Lipinski definition) is 1. The molecule has 1 fully saturated rings. The minimum atomic E-state index is -3.02. The summed E-state index contributed by atoms with van der Waals surface area (Å²) in [7, 11) is -3.02. The molecule has 2 heterocycles. The number of sulfone groups is 1. The van der Waals surface area contributed by atoms with E-state index in [0.29, 0.717) is 17.8 Å². The van der Waals surface area contributed by atoms with Crippen molar-refractivity contribution in [3.63, 3.8) is 0 Å². The number of nitrogens with one attached hydrogen (secondary N) is 1. The molecule has 1 aliphatic rings. The van der Waals surface area contributed by atoms with Gasteiger partial charge >= 0.3 is 0 Å². The van der Waals surface area contributed by atoms with Crippen LogP contribution < -0.4 is 5.32 Å². The van der Waals surface area contributed by atoms with Crippen LogP contribution in [0.25, 0.3) is 0 Å². The molecule has 6 nitrogen and oxygen atoms in total.